The zero-order valence-electron chi connectivity index (χ0n) is 12.5. The van der Waals surface area contributed by atoms with Gasteiger partial charge in [0.15, 0.2) is 0 Å². The molecule has 1 heterocycles. The summed E-state index contributed by atoms with van der Waals surface area (Å²) in [6.07, 6.45) is 4.13. The predicted octanol–water partition coefficient (Wildman–Crippen LogP) is 3.98. The van der Waals surface area contributed by atoms with Crippen LogP contribution in [0.5, 0.6) is 0 Å². The molecule has 2 rings (SSSR count). The molecule has 0 aliphatic carbocycles. The van der Waals surface area contributed by atoms with E-state index in [1.165, 1.54) is 6.42 Å². The monoisotopic (exact) mass is 304 g/mol. The second kappa shape index (κ2) is 7.84. The number of hydrogen-bond acceptors (Lipinski definition) is 4. The number of nitrogens with zero attached hydrogens (tertiary/aromatic N) is 3. The lowest BCUT2D eigenvalue weighted by Gasteiger charge is -2.18. The number of unbranched alkanes of at least 4 members (excludes halogenated alkanes) is 1. The highest BCUT2D eigenvalue weighted by atomic mass is 35.5. The number of halogens is 1. The maximum Gasteiger partial charge on any atom is 0.224 e. The quantitative estimate of drug-likeness (QED) is 0.840. The van der Waals surface area contributed by atoms with Crippen LogP contribution in [-0.2, 0) is 6.54 Å². The van der Waals surface area contributed by atoms with Gasteiger partial charge in [-0.2, -0.15) is 4.98 Å². The largest absolute Gasteiger partial charge is 0.360 e. The van der Waals surface area contributed by atoms with Crippen LogP contribution in [0.1, 0.15) is 25.3 Å². The fourth-order valence-electron chi connectivity index (χ4n) is 1.94. The summed E-state index contributed by atoms with van der Waals surface area (Å²) in [4.78, 5) is 10.9. The van der Waals surface area contributed by atoms with Crippen molar-refractivity contribution in [2.24, 2.45) is 0 Å². The molecule has 0 radical (unpaired) electrons. The lowest BCUT2D eigenvalue weighted by atomic mass is 10.2. The van der Waals surface area contributed by atoms with E-state index >= 15 is 0 Å². The molecule has 0 amide bonds. The van der Waals surface area contributed by atoms with Gasteiger partial charge in [-0.05, 0) is 30.2 Å². The van der Waals surface area contributed by atoms with Gasteiger partial charge in [-0.3, -0.25) is 0 Å². The van der Waals surface area contributed by atoms with Crippen LogP contribution in [0.4, 0.5) is 11.8 Å². The first-order chi connectivity index (χ1) is 10.2. The van der Waals surface area contributed by atoms with Crippen molar-refractivity contribution in [2.45, 2.75) is 26.3 Å². The zero-order chi connectivity index (χ0) is 15.1. The summed E-state index contributed by atoms with van der Waals surface area (Å²) >= 11 is 5.88. The molecule has 1 aromatic heterocycles. The number of rotatable bonds is 7. The molecule has 0 aliphatic rings. The van der Waals surface area contributed by atoms with E-state index in [2.05, 4.69) is 34.2 Å². The Hall–Kier alpha value is -1.81. The Morgan fingerprint density at radius 1 is 1.19 bits per heavy atom. The maximum atomic E-state index is 5.88. The van der Waals surface area contributed by atoms with Crippen molar-refractivity contribution < 1.29 is 0 Å². The summed E-state index contributed by atoms with van der Waals surface area (Å²) in [5, 5.41) is 3.98. The van der Waals surface area contributed by atoms with E-state index in [0.29, 0.717) is 12.5 Å². The Bertz CT molecular complexity index is 556. The first-order valence-electron chi connectivity index (χ1n) is 7.21. The highest BCUT2D eigenvalue weighted by molar-refractivity contribution is 6.30. The minimum absolute atomic E-state index is 0.644. The van der Waals surface area contributed by atoms with Crippen LogP contribution in [0.15, 0.2) is 36.5 Å². The summed E-state index contributed by atoms with van der Waals surface area (Å²) in [7, 11) is 2.06. The van der Waals surface area contributed by atoms with E-state index in [1.807, 2.05) is 30.3 Å². The average Bonchev–Trinajstić information content (AvgIpc) is 2.52. The number of hydrogen-bond donors (Lipinski definition) is 1. The highest BCUT2D eigenvalue weighted by Gasteiger charge is 2.04. The Morgan fingerprint density at radius 3 is 2.67 bits per heavy atom. The molecule has 0 fully saturated rings. The van der Waals surface area contributed by atoms with Crippen LogP contribution >= 0.6 is 11.6 Å². The van der Waals surface area contributed by atoms with E-state index in [4.69, 9.17) is 11.6 Å². The molecule has 0 saturated carbocycles. The summed E-state index contributed by atoms with van der Waals surface area (Å²) in [5.74, 6) is 1.59. The van der Waals surface area contributed by atoms with Crippen molar-refractivity contribution in [3.63, 3.8) is 0 Å². The Kier molecular flexibility index (Phi) is 5.81. The first-order valence-corrected chi connectivity index (χ1v) is 7.59. The van der Waals surface area contributed by atoms with E-state index in [0.717, 1.165) is 29.4 Å². The topological polar surface area (TPSA) is 41.1 Å². The SMILES string of the molecule is CCCCN(C)c1ccnc(NCc2ccc(Cl)cc2)n1. The third-order valence-corrected chi connectivity index (χ3v) is 3.49. The van der Waals surface area contributed by atoms with Crippen LogP contribution in [0.2, 0.25) is 5.02 Å². The lowest BCUT2D eigenvalue weighted by molar-refractivity contribution is 0.758. The molecule has 0 saturated heterocycles. The summed E-state index contributed by atoms with van der Waals surface area (Å²) in [6, 6.07) is 9.69. The van der Waals surface area contributed by atoms with Gasteiger partial charge in [0, 0.05) is 31.4 Å². The van der Waals surface area contributed by atoms with Crippen LogP contribution in [0.25, 0.3) is 0 Å². The molecule has 1 aromatic carbocycles. The van der Waals surface area contributed by atoms with E-state index in [-0.39, 0.29) is 0 Å². The van der Waals surface area contributed by atoms with Crippen molar-refractivity contribution >= 4 is 23.4 Å². The minimum Gasteiger partial charge on any atom is -0.360 e. The molecule has 0 unspecified atom stereocenters. The highest BCUT2D eigenvalue weighted by Crippen LogP contribution is 2.13. The molecule has 112 valence electrons. The van der Waals surface area contributed by atoms with E-state index in [9.17, 15) is 0 Å². The van der Waals surface area contributed by atoms with Crippen LogP contribution in [0, 0.1) is 0 Å². The predicted molar refractivity (Wildman–Crippen MR) is 89.0 cm³/mol. The molecule has 0 bridgehead atoms. The molecule has 1 N–H and O–H groups in total. The minimum atomic E-state index is 0.644. The Labute approximate surface area is 131 Å². The van der Waals surface area contributed by atoms with Gasteiger partial charge in [-0.25, -0.2) is 4.98 Å². The van der Waals surface area contributed by atoms with Gasteiger partial charge in [0.25, 0.3) is 0 Å². The summed E-state index contributed by atoms with van der Waals surface area (Å²) < 4.78 is 0. The fraction of sp³-hybridized carbons (Fsp3) is 0.375. The molecule has 0 aliphatic heterocycles. The van der Waals surface area contributed by atoms with Gasteiger partial charge >= 0.3 is 0 Å². The van der Waals surface area contributed by atoms with E-state index in [1.54, 1.807) is 6.20 Å². The van der Waals surface area contributed by atoms with Crippen molar-refractivity contribution in [1.82, 2.24) is 9.97 Å². The summed E-state index contributed by atoms with van der Waals surface area (Å²) in [5.41, 5.74) is 1.15. The average molecular weight is 305 g/mol. The Morgan fingerprint density at radius 2 is 1.95 bits per heavy atom. The van der Waals surface area contributed by atoms with Gasteiger partial charge in [0.2, 0.25) is 5.95 Å². The van der Waals surface area contributed by atoms with Gasteiger partial charge in [0.1, 0.15) is 5.82 Å². The third kappa shape index (κ3) is 4.90. The molecule has 0 atom stereocenters. The summed E-state index contributed by atoms with van der Waals surface area (Å²) in [6.45, 7) is 3.87. The van der Waals surface area contributed by atoms with Crippen molar-refractivity contribution in [3.8, 4) is 0 Å². The molecule has 2 aromatic rings. The number of nitrogens with one attached hydrogen (secondary N) is 1. The zero-order valence-corrected chi connectivity index (χ0v) is 13.3. The van der Waals surface area contributed by atoms with E-state index < -0.39 is 0 Å². The Balaban J connectivity index is 1.95. The first kappa shape index (κ1) is 15.6. The fourth-order valence-corrected chi connectivity index (χ4v) is 2.07. The molecule has 4 nitrogen and oxygen atoms in total. The second-order valence-corrected chi connectivity index (χ2v) is 5.43. The van der Waals surface area contributed by atoms with Crippen molar-refractivity contribution in [2.75, 3.05) is 23.8 Å². The van der Waals surface area contributed by atoms with Gasteiger partial charge in [-0.15, -0.1) is 0 Å². The van der Waals surface area contributed by atoms with Gasteiger partial charge < -0.3 is 10.2 Å². The smallest absolute Gasteiger partial charge is 0.224 e. The van der Waals surface area contributed by atoms with Crippen LogP contribution in [-0.4, -0.2) is 23.6 Å². The normalized spacial score (nSPS) is 10.4. The molecule has 0 spiro atoms. The standard InChI is InChI=1S/C16H21ClN4/c1-3-4-11-21(2)15-9-10-18-16(20-15)19-12-13-5-7-14(17)8-6-13/h5-10H,3-4,11-12H2,1-2H3,(H,18,19,20). The maximum absolute atomic E-state index is 5.88. The molecular weight excluding hydrogens is 284 g/mol. The van der Waals surface area contributed by atoms with Crippen LogP contribution in [0.3, 0.4) is 0 Å². The van der Waals surface area contributed by atoms with Crippen molar-refractivity contribution in [1.29, 1.82) is 0 Å². The second-order valence-electron chi connectivity index (χ2n) is 4.99. The van der Waals surface area contributed by atoms with Gasteiger partial charge in [0.05, 0.1) is 0 Å². The molecule has 5 heteroatoms. The van der Waals surface area contributed by atoms with Crippen LogP contribution < -0.4 is 10.2 Å². The van der Waals surface area contributed by atoms with Gasteiger partial charge in [-0.1, -0.05) is 37.1 Å². The van der Waals surface area contributed by atoms with Crippen molar-refractivity contribution in [3.05, 3.63) is 47.1 Å². The molecule has 21 heavy (non-hydrogen) atoms. The third-order valence-electron chi connectivity index (χ3n) is 3.24. The number of aromatic nitrogens is 2. The number of benzene rings is 1. The molecular formula is C16H21ClN4. The number of anilines is 2. The lowest BCUT2D eigenvalue weighted by Crippen LogP contribution is -2.20.